The first-order chi connectivity index (χ1) is 14.4. The molecule has 2 aromatic carbocycles. The molecule has 1 saturated heterocycles. The maximum atomic E-state index is 13.1. The smallest absolute Gasteiger partial charge is 0.315 e. The van der Waals surface area contributed by atoms with Gasteiger partial charge in [0.1, 0.15) is 25.6 Å². The molecule has 0 atom stereocenters. The molecular formula is C22H25FN4O3. The van der Waals surface area contributed by atoms with Gasteiger partial charge in [-0.1, -0.05) is 25.1 Å². The molecule has 0 saturated carbocycles. The fourth-order valence-corrected chi connectivity index (χ4v) is 3.25. The number of hydrogen-bond donors (Lipinski definition) is 1. The van der Waals surface area contributed by atoms with E-state index in [0.29, 0.717) is 24.3 Å². The van der Waals surface area contributed by atoms with Crippen molar-refractivity contribution in [1.82, 2.24) is 9.80 Å². The Morgan fingerprint density at radius 1 is 1.13 bits per heavy atom. The number of urea groups is 1. The van der Waals surface area contributed by atoms with Gasteiger partial charge >= 0.3 is 6.03 Å². The third kappa shape index (κ3) is 4.94. The predicted molar refractivity (Wildman–Crippen MR) is 113 cm³/mol. The fraction of sp³-hybridized carbons (Fsp3) is 0.318. The number of nitrogens with one attached hydrogen (secondary N) is 1. The minimum atomic E-state index is -0.395. The second-order valence-corrected chi connectivity index (χ2v) is 7.20. The molecule has 0 unspecified atom stereocenters. The van der Waals surface area contributed by atoms with E-state index >= 15 is 0 Å². The lowest BCUT2D eigenvalue weighted by Crippen LogP contribution is -2.44. The Morgan fingerprint density at radius 3 is 2.50 bits per heavy atom. The Bertz CT molecular complexity index is 932. The van der Waals surface area contributed by atoms with Crippen LogP contribution in [0.1, 0.15) is 18.9 Å². The maximum Gasteiger partial charge on any atom is 0.322 e. The van der Waals surface area contributed by atoms with Crippen LogP contribution in [0.5, 0.6) is 0 Å². The normalized spacial score (nSPS) is 13.5. The second-order valence-electron chi connectivity index (χ2n) is 7.20. The van der Waals surface area contributed by atoms with Crippen LogP contribution in [0.15, 0.2) is 48.5 Å². The zero-order chi connectivity index (χ0) is 21.7. The summed E-state index contributed by atoms with van der Waals surface area (Å²) in [6.07, 6.45) is 0.690. The van der Waals surface area contributed by atoms with Crippen molar-refractivity contribution in [3.05, 3.63) is 59.9 Å². The number of amides is 4. The van der Waals surface area contributed by atoms with Gasteiger partial charge in [-0.2, -0.15) is 0 Å². The first kappa shape index (κ1) is 21.3. The monoisotopic (exact) mass is 412 g/mol. The summed E-state index contributed by atoms with van der Waals surface area (Å²) in [5.41, 5.74) is 2.14. The highest BCUT2D eigenvalue weighted by atomic mass is 19.1. The lowest BCUT2D eigenvalue weighted by molar-refractivity contribution is -0.132. The van der Waals surface area contributed by atoms with Crippen LogP contribution in [0.3, 0.4) is 0 Å². The van der Waals surface area contributed by atoms with Crippen LogP contribution in [-0.2, 0) is 9.59 Å². The highest BCUT2D eigenvalue weighted by Gasteiger charge is 2.33. The molecule has 158 valence electrons. The van der Waals surface area contributed by atoms with Gasteiger partial charge in [0.2, 0.25) is 11.8 Å². The molecule has 4 amide bonds. The second kappa shape index (κ2) is 9.39. The zero-order valence-corrected chi connectivity index (χ0v) is 17.1. The van der Waals surface area contributed by atoms with Crippen molar-refractivity contribution in [1.29, 1.82) is 0 Å². The van der Waals surface area contributed by atoms with Gasteiger partial charge in [-0.3, -0.25) is 14.5 Å². The summed E-state index contributed by atoms with van der Waals surface area (Å²) in [6.45, 7) is 4.10. The van der Waals surface area contributed by atoms with Crippen molar-refractivity contribution in [3.63, 3.8) is 0 Å². The Hall–Kier alpha value is -3.42. The van der Waals surface area contributed by atoms with E-state index in [1.54, 1.807) is 6.07 Å². The Balaban J connectivity index is 1.64. The van der Waals surface area contributed by atoms with Gasteiger partial charge in [-0.05, 0) is 49.2 Å². The summed E-state index contributed by atoms with van der Waals surface area (Å²) < 4.78 is 13.1. The number of nitrogens with zero attached hydrogens (tertiary/aromatic N) is 3. The molecule has 3 rings (SSSR count). The van der Waals surface area contributed by atoms with E-state index in [9.17, 15) is 18.8 Å². The zero-order valence-electron chi connectivity index (χ0n) is 17.1. The fourth-order valence-electron chi connectivity index (χ4n) is 3.25. The molecule has 0 spiro atoms. The van der Waals surface area contributed by atoms with Gasteiger partial charge in [-0.15, -0.1) is 0 Å². The number of anilines is 2. The number of halogens is 1. The van der Waals surface area contributed by atoms with Crippen molar-refractivity contribution in [2.45, 2.75) is 20.3 Å². The van der Waals surface area contributed by atoms with Crippen molar-refractivity contribution >= 4 is 29.2 Å². The van der Waals surface area contributed by atoms with Crippen molar-refractivity contribution in [2.75, 3.05) is 36.5 Å². The Kier molecular flexibility index (Phi) is 6.66. The molecule has 7 nitrogen and oxygen atoms in total. The van der Waals surface area contributed by atoms with E-state index in [0.717, 1.165) is 5.56 Å². The lowest BCUT2D eigenvalue weighted by Gasteiger charge is -2.25. The molecule has 0 bridgehead atoms. The van der Waals surface area contributed by atoms with Gasteiger partial charge in [0.15, 0.2) is 0 Å². The molecule has 1 aliphatic rings. The molecule has 1 fully saturated rings. The van der Waals surface area contributed by atoms with Gasteiger partial charge in [0.05, 0.1) is 0 Å². The van der Waals surface area contributed by atoms with Crippen LogP contribution in [0.25, 0.3) is 0 Å². The van der Waals surface area contributed by atoms with Crippen LogP contribution in [0, 0.1) is 12.7 Å². The van der Waals surface area contributed by atoms with Crippen molar-refractivity contribution in [2.24, 2.45) is 0 Å². The minimum absolute atomic E-state index is 0.0721. The summed E-state index contributed by atoms with van der Waals surface area (Å²) in [4.78, 5) is 42.1. The van der Waals surface area contributed by atoms with E-state index < -0.39 is 5.82 Å². The number of carbonyl (C=O) groups excluding carboxylic acids is 3. The van der Waals surface area contributed by atoms with Gasteiger partial charge < -0.3 is 15.1 Å². The van der Waals surface area contributed by atoms with E-state index in [1.807, 2.05) is 32.0 Å². The third-order valence-electron chi connectivity index (χ3n) is 4.92. The summed E-state index contributed by atoms with van der Waals surface area (Å²) >= 11 is 0. The topological polar surface area (TPSA) is 73.0 Å². The lowest BCUT2D eigenvalue weighted by atomic mass is 10.2. The summed E-state index contributed by atoms with van der Waals surface area (Å²) in [5, 5.41) is 2.84. The molecule has 1 aliphatic heterocycles. The number of hydrogen-bond acceptors (Lipinski definition) is 3. The van der Waals surface area contributed by atoms with Crippen molar-refractivity contribution < 1.29 is 18.8 Å². The van der Waals surface area contributed by atoms with E-state index in [1.165, 1.54) is 39.0 Å². The molecule has 0 radical (unpaired) electrons. The molecule has 2 aromatic rings. The molecule has 8 heteroatoms. The Labute approximate surface area is 175 Å². The summed E-state index contributed by atoms with van der Waals surface area (Å²) in [5.74, 6) is -0.962. The van der Waals surface area contributed by atoms with E-state index in [-0.39, 0.29) is 37.6 Å². The molecular weight excluding hydrogens is 387 g/mol. The average Bonchev–Trinajstić information content (AvgIpc) is 3.11. The van der Waals surface area contributed by atoms with Crippen LogP contribution in [0.4, 0.5) is 20.6 Å². The van der Waals surface area contributed by atoms with Gasteiger partial charge in [-0.25, -0.2) is 9.18 Å². The first-order valence-electron chi connectivity index (χ1n) is 9.84. The highest BCUT2D eigenvalue weighted by molar-refractivity contribution is 6.01. The van der Waals surface area contributed by atoms with Gasteiger partial charge in [0, 0.05) is 17.9 Å². The number of aryl methyl sites for hydroxylation is 1. The predicted octanol–water partition coefficient (Wildman–Crippen LogP) is 3.21. The number of rotatable bonds is 6. The molecule has 1 N–H and O–H groups in total. The van der Waals surface area contributed by atoms with Crippen LogP contribution < -0.4 is 10.2 Å². The molecule has 30 heavy (non-hydrogen) atoms. The number of para-hydroxylation sites is 1. The minimum Gasteiger partial charge on any atom is -0.315 e. The molecule has 1 heterocycles. The molecule has 0 aliphatic carbocycles. The van der Waals surface area contributed by atoms with Crippen LogP contribution in [0.2, 0.25) is 0 Å². The van der Waals surface area contributed by atoms with Gasteiger partial charge in [0.25, 0.3) is 0 Å². The first-order valence-corrected chi connectivity index (χ1v) is 9.84. The maximum absolute atomic E-state index is 13.1. The number of benzene rings is 2. The van der Waals surface area contributed by atoms with Crippen LogP contribution in [-0.4, -0.2) is 53.9 Å². The van der Waals surface area contributed by atoms with E-state index in [4.69, 9.17) is 0 Å². The standard InChI is InChI=1S/C22H25FN4O3/c1-3-12-25(22(30)24-19-7-5-4-6-16(19)2)13-20(28)26-14-21(29)27(15-26)18-10-8-17(23)9-11-18/h4-11H,3,12-15H2,1-2H3,(H,24,30). The average molecular weight is 412 g/mol. The Morgan fingerprint density at radius 2 is 1.83 bits per heavy atom. The number of carbonyl (C=O) groups is 3. The highest BCUT2D eigenvalue weighted by Crippen LogP contribution is 2.20. The van der Waals surface area contributed by atoms with E-state index in [2.05, 4.69) is 5.32 Å². The van der Waals surface area contributed by atoms with Crippen molar-refractivity contribution in [3.8, 4) is 0 Å². The quantitative estimate of drug-likeness (QED) is 0.792. The SMILES string of the molecule is CCCN(CC(=O)N1CC(=O)N(c2ccc(F)cc2)C1)C(=O)Nc1ccccc1C. The van der Waals surface area contributed by atoms with Crippen LogP contribution >= 0.6 is 0 Å². The largest absolute Gasteiger partial charge is 0.322 e. The molecule has 0 aromatic heterocycles. The summed E-state index contributed by atoms with van der Waals surface area (Å²) in [6, 6.07) is 12.6. The summed E-state index contributed by atoms with van der Waals surface area (Å²) in [7, 11) is 0. The third-order valence-corrected chi connectivity index (χ3v) is 4.92.